The quantitative estimate of drug-likeness (QED) is 0.789. The van der Waals surface area contributed by atoms with E-state index in [1.807, 2.05) is 39.2 Å². The Balaban J connectivity index is 1.82. The fourth-order valence-electron chi connectivity index (χ4n) is 3.19. The van der Waals surface area contributed by atoms with E-state index in [0.29, 0.717) is 5.17 Å². The first-order valence-corrected chi connectivity index (χ1v) is 10.1. The number of amidine groups is 1. The van der Waals surface area contributed by atoms with Crippen molar-refractivity contribution in [1.29, 1.82) is 0 Å². The molecule has 2 aromatic rings. The molecule has 2 heterocycles. The Hall–Kier alpha value is -2.41. The maximum Gasteiger partial charge on any atom is 0.413 e. The Labute approximate surface area is 170 Å². The van der Waals surface area contributed by atoms with E-state index in [9.17, 15) is 4.79 Å². The van der Waals surface area contributed by atoms with Crippen molar-refractivity contribution in [3.8, 4) is 11.1 Å². The number of benzene rings is 1. The SMILES string of the molecule is C[C@@H]1C[C@@](C)(c2cccc(-c3cncnc3)c2)SC(NC(=O)OC(C)(C)C)=N1. The van der Waals surface area contributed by atoms with Crippen molar-refractivity contribution in [2.45, 2.75) is 57.4 Å². The number of aromatic nitrogens is 2. The van der Waals surface area contributed by atoms with Crippen LogP contribution in [0.1, 0.15) is 46.6 Å². The summed E-state index contributed by atoms with van der Waals surface area (Å²) in [6.07, 6.45) is 5.53. The number of amides is 1. The first-order chi connectivity index (χ1) is 13.1. The Morgan fingerprint density at radius 2 is 1.96 bits per heavy atom. The third-order valence-corrected chi connectivity index (χ3v) is 5.57. The van der Waals surface area contributed by atoms with Crippen molar-refractivity contribution < 1.29 is 9.53 Å². The highest BCUT2D eigenvalue weighted by Crippen LogP contribution is 2.45. The second kappa shape index (κ2) is 7.91. The van der Waals surface area contributed by atoms with Gasteiger partial charge in [0, 0.05) is 22.7 Å². The summed E-state index contributed by atoms with van der Waals surface area (Å²) >= 11 is 1.56. The van der Waals surface area contributed by atoms with Crippen LogP contribution in [0, 0.1) is 0 Å². The minimum absolute atomic E-state index is 0.0832. The lowest BCUT2D eigenvalue weighted by molar-refractivity contribution is 0.0564. The van der Waals surface area contributed by atoms with Crippen LogP contribution in [-0.2, 0) is 9.48 Å². The molecule has 6 nitrogen and oxygen atoms in total. The third kappa shape index (κ3) is 5.10. The fourth-order valence-corrected chi connectivity index (χ4v) is 4.56. The number of carbonyl (C=O) groups is 1. The van der Waals surface area contributed by atoms with Gasteiger partial charge in [0.1, 0.15) is 11.9 Å². The van der Waals surface area contributed by atoms with E-state index >= 15 is 0 Å². The van der Waals surface area contributed by atoms with Gasteiger partial charge < -0.3 is 4.74 Å². The first-order valence-electron chi connectivity index (χ1n) is 9.27. The van der Waals surface area contributed by atoms with Crippen LogP contribution >= 0.6 is 11.8 Å². The van der Waals surface area contributed by atoms with E-state index in [1.165, 1.54) is 11.9 Å². The zero-order valence-electron chi connectivity index (χ0n) is 16.9. The van der Waals surface area contributed by atoms with E-state index in [0.717, 1.165) is 17.5 Å². The lowest BCUT2D eigenvalue weighted by Crippen LogP contribution is -2.40. The summed E-state index contributed by atoms with van der Waals surface area (Å²) in [7, 11) is 0. The zero-order valence-corrected chi connectivity index (χ0v) is 17.7. The molecule has 0 saturated carbocycles. The summed E-state index contributed by atoms with van der Waals surface area (Å²) in [5.74, 6) is 0. The molecule has 1 N–H and O–H groups in total. The second-order valence-electron chi connectivity index (χ2n) is 8.16. The molecule has 0 aliphatic carbocycles. The van der Waals surface area contributed by atoms with Crippen molar-refractivity contribution >= 4 is 23.0 Å². The van der Waals surface area contributed by atoms with Gasteiger partial charge in [0.05, 0.1) is 6.04 Å². The second-order valence-corrected chi connectivity index (χ2v) is 9.65. The number of thioether (sulfide) groups is 1. The molecule has 0 saturated heterocycles. The van der Waals surface area contributed by atoms with Crippen LogP contribution in [0.3, 0.4) is 0 Å². The van der Waals surface area contributed by atoms with Crippen LogP contribution in [0.2, 0.25) is 0 Å². The number of hydrogen-bond acceptors (Lipinski definition) is 6. The van der Waals surface area contributed by atoms with Crippen molar-refractivity contribution in [3.05, 3.63) is 48.5 Å². The van der Waals surface area contributed by atoms with Gasteiger partial charge in [-0.25, -0.2) is 14.8 Å². The van der Waals surface area contributed by atoms with Gasteiger partial charge in [-0.05, 0) is 58.2 Å². The summed E-state index contributed by atoms with van der Waals surface area (Å²) in [5.41, 5.74) is 2.66. The Morgan fingerprint density at radius 1 is 1.25 bits per heavy atom. The van der Waals surface area contributed by atoms with Gasteiger partial charge >= 0.3 is 6.09 Å². The van der Waals surface area contributed by atoms with Crippen LogP contribution in [0.25, 0.3) is 11.1 Å². The van der Waals surface area contributed by atoms with E-state index in [1.54, 1.807) is 11.8 Å². The Kier molecular flexibility index (Phi) is 5.74. The summed E-state index contributed by atoms with van der Waals surface area (Å²) in [6, 6.07) is 8.45. The van der Waals surface area contributed by atoms with Gasteiger partial charge in [0.2, 0.25) is 0 Å². The summed E-state index contributed by atoms with van der Waals surface area (Å²) in [6.45, 7) is 9.76. The molecular formula is C21H26N4O2S. The maximum atomic E-state index is 12.2. The molecule has 1 aromatic heterocycles. The van der Waals surface area contributed by atoms with Crippen molar-refractivity contribution in [2.24, 2.45) is 4.99 Å². The van der Waals surface area contributed by atoms with Gasteiger partial charge in [0.15, 0.2) is 5.17 Å². The average molecular weight is 399 g/mol. The van der Waals surface area contributed by atoms with Crippen molar-refractivity contribution in [2.75, 3.05) is 0 Å². The molecule has 0 fully saturated rings. The number of nitrogens with zero attached hydrogens (tertiary/aromatic N) is 3. The number of aliphatic imine (C=N–C) groups is 1. The lowest BCUT2D eigenvalue weighted by Gasteiger charge is -2.35. The minimum Gasteiger partial charge on any atom is -0.444 e. The number of nitrogens with one attached hydrogen (secondary N) is 1. The molecule has 3 rings (SSSR count). The predicted octanol–water partition coefficient (Wildman–Crippen LogP) is 4.76. The highest BCUT2D eigenvalue weighted by Gasteiger charge is 2.36. The average Bonchev–Trinajstić information content (AvgIpc) is 2.60. The molecule has 1 amide bonds. The molecule has 7 heteroatoms. The summed E-state index contributed by atoms with van der Waals surface area (Å²) < 4.78 is 5.14. The van der Waals surface area contributed by atoms with E-state index in [4.69, 9.17) is 4.74 Å². The number of ether oxygens (including phenoxy) is 1. The molecule has 28 heavy (non-hydrogen) atoms. The van der Waals surface area contributed by atoms with Gasteiger partial charge in [-0.15, -0.1) is 0 Å². The maximum absolute atomic E-state index is 12.2. The monoisotopic (exact) mass is 398 g/mol. The van der Waals surface area contributed by atoms with Crippen LogP contribution in [-0.4, -0.2) is 32.9 Å². The van der Waals surface area contributed by atoms with Crippen LogP contribution in [0.15, 0.2) is 48.0 Å². The van der Waals surface area contributed by atoms with Gasteiger partial charge in [-0.3, -0.25) is 10.3 Å². The molecule has 148 valence electrons. The highest BCUT2D eigenvalue weighted by atomic mass is 32.2. The number of alkyl carbamates (subject to hydrolysis) is 1. The van der Waals surface area contributed by atoms with E-state index < -0.39 is 11.7 Å². The van der Waals surface area contributed by atoms with Crippen LogP contribution in [0.4, 0.5) is 4.79 Å². The molecule has 0 unspecified atom stereocenters. The van der Waals surface area contributed by atoms with Crippen LogP contribution in [0.5, 0.6) is 0 Å². The molecular weight excluding hydrogens is 372 g/mol. The van der Waals surface area contributed by atoms with Crippen molar-refractivity contribution in [3.63, 3.8) is 0 Å². The molecule has 0 radical (unpaired) electrons. The number of rotatable bonds is 2. The predicted molar refractivity (Wildman–Crippen MR) is 113 cm³/mol. The topological polar surface area (TPSA) is 76.5 Å². The molecule has 1 aliphatic rings. The largest absolute Gasteiger partial charge is 0.444 e. The van der Waals surface area contributed by atoms with E-state index in [2.05, 4.69) is 52.3 Å². The van der Waals surface area contributed by atoms with Gasteiger partial charge in [-0.1, -0.05) is 30.0 Å². The molecule has 1 aliphatic heterocycles. The van der Waals surface area contributed by atoms with Gasteiger partial charge in [-0.2, -0.15) is 0 Å². The normalized spacial score (nSPS) is 22.3. The standard InChI is InChI=1S/C21H26N4O2S/c1-14-10-21(5,28-18(24-14)25-19(26)27-20(2,3)4)17-8-6-7-15(9-17)16-11-22-13-23-12-16/h6-9,11-14H,10H2,1-5H3,(H,24,25,26)/t14-,21+/m1/s1. The summed E-state index contributed by atoms with van der Waals surface area (Å²) in [4.78, 5) is 25.0. The Bertz CT molecular complexity index is 879. The first kappa shape index (κ1) is 20.3. The van der Waals surface area contributed by atoms with Crippen molar-refractivity contribution in [1.82, 2.24) is 15.3 Å². The molecule has 2 atom stereocenters. The molecule has 0 bridgehead atoms. The Morgan fingerprint density at radius 3 is 2.64 bits per heavy atom. The smallest absolute Gasteiger partial charge is 0.413 e. The highest BCUT2D eigenvalue weighted by molar-refractivity contribution is 8.14. The van der Waals surface area contributed by atoms with Gasteiger partial charge in [0.25, 0.3) is 0 Å². The molecule has 1 aromatic carbocycles. The lowest BCUT2D eigenvalue weighted by atomic mass is 9.91. The number of carbonyl (C=O) groups excluding carboxylic acids is 1. The summed E-state index contributed by atoms with van der Waals surface area (Å²) in [5, 5.41) is 3.40. The third-order valence-electron chi connectivity index (χ3n) is 4.32. The minimum atomic E-state index is -0.551. The van der Waals surface area contributed by atoms with E-state index in [-0.39, 0.29) is 10.8 Å². The fraction of sp³-hybridized carbons (Fsp3) is 0.429. The molecule has 0 spiro atoms. The van der Waals surface area contributed by atoms with Crippen LogP contribution < -0.4 is 5.32 Å². The zero-order chi connectivity index (χ0) is 20.4. The number of hydrogen-bond donors (Lipinski definition) is 1.